The summed E-state index contributed by atoms with van der Waals surface area (Å²) in [5.74, 6) is 0.804. The Morgan fingerprint density at radius 3 is 2.92 bits per heavy atom. The summed E-state index contributed by atoms with van der Waals surface area (Å²) in [6, 6.07) is 0. The van der Waals surface area contributed by atoms with Gasteiger partial charge in [0.05, 0.1) is 6.61 Å². The Balaban J connectivity index is 1.57. The minimum absolute atomic E-state index is 0.147. The highest BCUT2D eigenvalue weighted by molar-refractivity contribution is 5.86. The average molecular weight is 338 g/mol. The van der Waals surface area contributed by atoms with E-state index in [0.717, 1.165) is 19.3 Å². The molecule has 0 saturated carbocycles. The molecule has 0 aromatic rings. The second-order valence-corrected chi connectivity index (χ2v) is 7.47. The Morgan fingerprint density at radius 1 is 1.36 bits per heavy atom. The van der Waals surface area contributed by atoms with Crippen LogP contribution in [0.25, 0.3) is 0 Å². The second-order valence-electron chi connectivity index (χ2n) is 7.47. The number of ether oxygens (including phenoxy) is 1. The molecule has 0 aromatic carbocycles. The van der Waals surface area contributed by atoms with Crippen LogP contribution in [0.3, 0.4) is 0 Å². The first-order chi connectivity index (χ1) is 11.9. The number of fused-ring (bicyclic) bond motifs is 2. The van der Waals surface area contributed by atoms with Crippen LogP contribution < -0.4 is 0 Å². The summed E-state index contributed by atoms with van der Waals surface area (Å²) < 4.78 is 5.17. The largest absolute Gasteiger partial charge is 0.508 e. The molecule has 0 spiro atoms. The molecule has 3 aliphatic carbocycles. The molecule has 3 heteroatoms. The number of allylic oxidation sites excluding steroid dienone is 9. The summed E-state index contributed by atoms with van der Waals surface area (Å²) in [6.07, 6.45) is 17.7. The number of carbonyl (C=O) groups is 1. The van der Waals surface area contributed by atoms with E-state index in [1.54, 1.807) is 13.0 Å². The van der Waals surface area contributed by atoms with Crippen molar-refractivity contribution in [1.29, 1.82) is 0 Å². The molecule has 3 nitrogen and oxygen atoms in total. The van der Waals surface area contributed by atoms with Crippen molar-refractivity contribution in [2.45, 2.75) is 33.1 Å². The van der Waals surface area contributed by atoms with Crippen LogP contribution in [0.1, 0.15) is 33.1 Å². The third-order valence-electron chi connectivity index (χ3n) is 5.27. The molecule has 3 rings (SSSR count). The molecule has 0 bridgehead atoms. The maximum Gasteiger partial charge on any atom is 0.333 e. The van der Waals surface area contributed by atoms with Crippen LogP contribution in [0.15, 0.2) is 71.6 Å². The van der Waals surface area contributed by atoms with Crippen molar-refractivity contribution in [3.63, 3.8) is 0 Å². The van der Waals surface area contributed by atoms with Gasteiger partial charge in [0.15, 0.2) is 0 Å². The van der Waals surface area contributed by atoms with Crippen LogP contribution >= 0.6 is 0 Å². The Kier molecular flexibility index (Phi) is 4.85. The van der Waals surface area contributed by atoms with Gasteiger partial charge in [0.1, 0.15) is 5.76 Å². The zero-order valence-corrected chi connectivity index (χ0v) is 15.0. The van der Waals surface area contributed by atoms with E-state index in [2.05, 4.69) is 43.9 Å². The average Bonchev–Trinajstić information content (AvgIpc) is 2.57. The highest BCUT2D eigenvalue weighted by Crippen LogP contribution is 2.47. The first-order valence-corrected chi connectivity index (χ1v) is 8.92. The van der Waals surface area contributed by atoms with Crippen molar-refractivity contribution < 1.29 is 14.6 Å². The van der Waals surface area contributed by atoms with Gasteiger partial charge in [-0.2, -0.15) is 0 Å². The van der Waals surface area contributed by atoms with Crippen LogP contribution in [-0.4, -0.2) is 17.7 Å². The van der Waals surface area contributed by atoms with Crippen molar-refractivity contribution >= 4 is 5.97 Å². The van der Waals surface area contributed by atoms with Gasteiger partial charge < -0.3 is 9.84 Å². The quantitative estimate of drug-likeness (QED) is 0.438. The summed E-state index contributed by atoms with van der Waals surface area (Å²) in [6.45, 7) is 7.86. The highest BCUT2D eigenvalue weighted by atomic mass is 16.5. The van der Waals surface area contributed by atoms with Crippen molar-refractivity contribution in [2.75, 3.05) is 6.61 Å². The lowest BCUT2D eigenvalue weighted by Crippen LogP contribution is -2.30. The summed E-state index contributed by atoms with van der Waals surface area (Å²) in [7, 11) is 0. The monoisotopic (exact) mass is 338 g/mol. The molecule has 3 atom stereocenters. The zero-order chi connectivity index (χ0) is 18.0. The Morgan fingerprint density at radius 2 is 2.16 bits per heavy atom. The third-order valence-corrected chi connectivity index (χ3v) is 5.27. The number of aliphatic hydroxyl groups is 1. The van der Waals surface area contributed by atoms with Crippen LogP contribution in [0.5, 0.6) is 0 Å². The third kappa shape index (κ3) is 3.71. The SMILES string of the molecule is C=C(C)C(=O)OCCCC1C=CC2=C(C=CC3(C)C=C(O)C=CC23)C1. The van der Waals surface area contributed by atoms with Gasteiger partial charge in [0, 0.05) is 16.9 Å². The summed E-state index contributed by atoms with van der Waals surface area (Å²) >= 11 is 0. The fraction of sp³-hybridized carbons (Fsp3) is 0.409. The fourth-order valence-corrected chi connectivity index (χ4v) is 3.84. The van der Waals surface area contributed by atoms with E-state index >= 15 is 0 Å². The lowest BCUT2D eigenvalue weighted by molar-refractivity contribution is -0.139. The van der Waals surface area contributed by atoms with Crippen molar-refractivity contribution in [1.82, 2.24) is 0 Å². The molecule has 0 heterocycles. The van der Waals surface area contributed by atoms with Crippen LogP contribution in [0.4, 0.5) is 0 Å². The molecule has 3 unspecified atom stereocenters. The molecule has 0 saturated heterocycles. The van der Waals surface area contributed by atoms with Gasteiger partial charge in [0.25, 0.3) is 0 Å². The lowest BCUT2D eigenvalue weighted by Gasteiger charge is -2.39. The number of rotatable bonds is 5. The maximum absolute atomic E-state index is 11.4. The van der Waals surface area contributed by atoms with E-state index in [1.165, 1.54) is 11.1 Å². The number of aliphatic hydroxyl groups excluding tert-OH is 1. The molecule has 1 N–H and O–H groups in total. The van der Waals surface area contributed by atoms with Gasteiger partial charge in [-0.25, -0.2) is 4.79 Å². The van der Waals surface area contributed by atoms with Crippen LogP contribution in [0.2, 0.25) is 0 Å². The summed E-state index contributed by atoms with van der Waals surface area (Å²) in [5, 5.41) is 9.81. The Hall–Kier alpha value is -2.29. The Bertz CT molecular complexity index is 732. The molecule has 0 aliphatic heterocycles. The second kappa shape index (κ2) is 6.91. The maximum atomic E-state index is 11.4. The van der Waals surface area contributed by atoms with Gasteiger partial charge in [0.2, 0.25) is 0 Å². The van der Waals surface area contributed by atoms with Gasteiger partial charge in [-0.05, 0) is 55.4 Å². The van der Waals surface area contributed by atoms with Crippen molar-refractivity contribution in [3.8, 4) is 0 Å². The van der Waals surface area contributed by atoms with Crippen LogP contribution in [0, 0.1) is 17.3 Å². The number of hydrogen-bond acceptors (Lipinski definition) is 3. The van der Waals surface area contributed by atoms with Crippen LogP contribution in [-0.2, 0) is 9.53 Å². The summed E-state index contributed by atoms with van der Waals surface area (Å²) in [5.41, 5.74) is 3.04. The molecule has 0 fully saturated rings. The summed E-state index contributed by atoms with van der Waals surface area (Å²) in [4.78, 5) is 11.4. The van der Waals surface area contributed by atoms with E-state index < -0.39 is 0 Å². The molecule has 0 amide bonds. The number of esters is 1. The standard InChI is InChI=1S/C22H26O3/c1-15(2)21(24)25-12-4-5-16-6-8-19-17(13-16)10-11-22(3)14-18(23)7-9-20(19)22/h6-11,14,16,20,23H,1,4-5,12-13H2,2-3H3. The van der Waals surface area contributed by atoms with Crippen molar-refractivity contribution in [2.24, 2.45) is 17.3 Å². The van der Waals surface area contributed by atoms with E-state index in [-0.39, 0.29) is 17.3 Å². The molecule has 25 heavy (non-hydrogen) atoms. The van der Waals surface area contributed by atoms with Crippen molar-refractivity contribution in [3.05, 3.63) is 71.6 Å². The van der Waals surface area contributed by atoms with E-state index in [4.69, 9.17) is 4.74 Å². The van der Waals surface area contributed by atoms with Gasteiger partial charge in [-0.15, -0.1) is 0 Å². The number of carbonyl (C=O) groups excluding carboxylic acids is 1. The smallest absolute Gasteiger partial charge is 0.333 e. The van der Waals surface area contributed by atoms with E-state index in [0.29, 0.717) is 23.9 Å². The minimum Gasteiger partial charge on any atom is -0.508 e. The zero-order valence-electron chi connectivity index (χ0n) is 15.0. The predicted molar refractivity (Wildman–Crippen MR) is 99.9 cm³/mol. The molecule has 0 radical (unpaired) electrons. The first-order valence-electron chi connectivity index (χ1n) is 8.92. The molecule has 3 aliphatic rings. The molecular weight excluding hydrogens is 312 g/mol. The van der Waals surface area contributed by atoms with E-state index in [9.17, 15) is 9.90 Å². The highest BCUT2D eigenvalue weighted by Gasteiger charge is 2.37. The van der Waals surface area contributed by atoms with Gasteiger partial charge >= 0.3 is 5.97 Å². The number of hydrogen-bond donors (Lipinski definition) is 1. The van der Waals surface area contributed by atoms with Gasteiger partial charge in [-0.1, -0.05) is 43.9 Å². The first kappa shape index (κ1) is 17.5. The molecule has 0 aromatic heterocycles. The lowest BCUT2D eigenvalue weighted by atomic mass is 9.64. The molecule has 132 valence electrons. The topological polar surface area (TPSA) is 46.5 Å². The Labute approximate surface area is 149 Å². The fourth-order valence-electron chi connectivity index (χ4n) is 3.84. The van der Waals surface area contributed by atoms with Gasteiger partial charge in [-0.3, -0.25) is 0 Å². The normalized spacial score (nSPS) is 29.8. The predicted octanol–water partition coefficient (Wildman–Crippen LogP) is 4.96. The van der Waals surface area contributed by atoms with E-state index in [1.807, 2.05) is 6.08 Å². The minimum atomic E-state index is -0.306. The molecular formula is C22H26O3.